The minimum atomic E-state index is -3.47. The van der Waals surface area contributed by atoms with Crippen LogP contribution in [-0.2, 0) is 20.3 Å². The Balaban J connectivity index is 2.01. The van der Waals surface area contributed by atoms with Crippen LogP contribution in [0.15, 0.2) is 24.3 Å². The molecule has 0 radical (unpaired) electrons. The first-order valence-electron chi connectivity index (χ1n) is 7.58. The number of nitrogens with one attached hydrogen (secondary N) is 1. The van der Waals surface area contributed by atoms with E-state index in [1.807, 2.05) is 0 Å². The fourth-order valence-corrected chi connectivity index (χ4v) is 4.23. The van der Waals surface area contributed by atoms with Crippen molar-refractivity contribution in [1.29, 1.82) is 0 Å². The molecule has 2 rings (SSSR count). The Hall–Kier alpha value is -1.51. The third-order valence-electron chi connectivity index (χ3n) is 3.94. The van der Waals surface area contributed by atoms with Crippen molar-refractivity contribution in [2.45, 2.75) is 44.8 Å². The van der Waals surface area contributed by atoms with Crippen molar-refractivity contribution in [3.63, 3.8) is 0 Å². The fourth-order valence-electron chi connectivity index (χ4n) is 2.66. The molecule has 0 aliphatic carbocycles. The minimum absolute atomic E-state index is 0.00801. The van der Waals surface area contributed by atoms with E-state index in [1.165, 1.54) is 12.1 Å². The lowest BCUT2D eigenvalue weighted by Gasteiger charge is -2.26. The molecule has 1 aliphatic rings. The zero-order valence-corrected chi connectivity index (χ0v) is 14.1. The Morgan fingerprint density at radius 3 is 2.52 bits per heavy atom. The predicted molar refractivity (Wildman–Crippen MR) is 86.6 cm³/mol. The van der Waals surface area contributed by atoms with E-state index in [4.69, 9.17) is 4.74 Å². The lowest BCUT2D eigenvalue weighted by Crippen LogP contribution is -2.42. The Kier molecular flexibility index (Phi) is 5.38. The molecule has 1 fully saturated rings. The number of nitrogens with zero attached hydrogens (tertiary/aromatic N) is 1. The number of ether oxygens (including phenoxy) is 1. The zero-order valence-electron chi connectivity index (χ0n) is 13.3. The average molecular weight is 342 g/mol. The van der Waals surface area contributed by atoms with Gasteiger partial charge in [-0.3, -0.25) is 10.1 Å². The van der Waals surface area contributed by atoms with E-state index >= 15 is 0 Å². The highest BCUT2D eigenvalue weighted by Crippen LogP contribution is 2.24. The van der Waals surface area contributed by atoms with Crippen LogP contribution in [0.25, 0.3) is 0 Å². The summed E-state index contributed by atoms with van der Waals surface area (Å²) in [6, 6.07) is 5.89. The third-order valence-corrected chi connectivity index (χ3v) is 5.54. The maximum Gasteiger partial charge on any atom is 0.269 e. The van der Waals surface area contributed by atoms with Crippen molar-refractivity contribution in [2.24, 2.45) is 0 Å². The van der Waals surface area contributed by atoms with Gasteiger partial charge in [0.15, 0.2) is 0 Å². The van der Waals surface area contributed by atoms with Crippen molar-refractivity contribution >= 4 is 15.7 Å². The monoisotopic (exact) mass is 342 g/mol. The molecule has 1 heterocycles. The van der Waals surface area contributed by atoms with Gasteiger partial charge < -0.3 is 4.74 Å². The molecular weight excluding hydrogens is 320 g/mol. The van der Waals surface area contributed by atoms with Crippen molar-refractivity contribution in [3.05, 3.63) is 39.9 Å². The van der Waals surface area contributed by atoms with Gasteiger partial charge in [-0.15, -0.1) is 0 Å². The number of nitro groups is 1. The SMILES string of the molecule is CC(C)(NS(=O)(=O)CCC1CCCO1)c1ccc([N+](=O)[O-])cc1. The molecule has 1 saturated heterocycles. The molecule has 23 heavy (non-hydrogen) atoms. The van der Waals surface area contributed by atoms with Gasteiger partial charge in [0, 0.05) is 18.7 Å². The van der Waals surface area contributed by atoms with Crippen molar-refractivity contribution in [2.75, 3.05) is 12.4 Å². The highest BCUT2D eigenvalue weighted by atomic mass is 32.2. The number of non-ortho nitro benzene ring substituents is 1. The zero-order chi connectivity index (χ0) is 17.1. The van der Waals surface area contributed by atoms with Gasteiger partial charge >= 0.3 is 0 Å². The fraction of sp³-hybridized carbons (Fsp3) is 0.600. The number of rotatable bonds is 7. The van der Waals surface area contributed by atoms with Crippen LogP contribution in [0.4, 0.5) is 5.69 Å². The maximum absolute atomic E-state index is 12.3. The van der Waals surface area contributed by atoms with Gasteiger partial charge in [-0.05, 0) is 38.7 Å². The molecule has 0 amide bonds. The molecule has 0 aromatic heterocycles. The quantitative estimate of drug-likeness (QED) is 0.605. The average Bonchev–Trinajstić information content (AvgIpc) is 2.98. The van der Waals surface area contributed by atoms with Crippen LogP contribution in [0.5, 0.6) is 0 Å². The Morgan fingerprint density at radius 1 is 1.35 bits per heavy atom. The normalized spacial score (nSPS) is 19.0. The smallest absolute Gasteiger partial charge is 0.269 e. The van der Waals surface area contributed by atoms with Crippen LogP contribution in [0, 0.1) is 10.1 Å². The molecule has 0 spiro atoms. The number of nitro benzene ring substituents is 1. The van der Waals surface area contributed by atoms with E-state index in [-0.39, 0.29) is 17.5 Å². The highest BCUT2D eigenvalue weighted by Gasteiger charge is 2.28. The molecule has 1 aliphatic heterocycles. The van der Waals surface area contributed by atoms with Crippen LogP contribution in [0.3, 0.4) is 0 Å². The van der Waals surface area contributed by atoms with Gasteiger partial charge in [-0.25, -0.2) is 13.1 Å². The maximum atomic E-state index is 12.3. The second-order valence-electron chi connectivity index (χ2n) is 6.27. The molecule has 1 atom stereocenters. The molecule has 0 saturated carbocycles. The van der Waals surface area contributed by atoms with Crippen LogP contribution < -0.4 is 4.72 Å². The van der Waals surface area contributed by atoms with Crippen LogP contribution in [0.1, 0.15) is 38.7 Å². The molecule has 1 aromatic carbocycles. The molecule has 128 valence electrons. The summed E-state index contributed by atoms with van der Waals surface area (Å²) >= 11 is 0. The standard InChI is InChI=1S/C15H22N2O5S/c1-15(2,12-5-7-13(8-6-12)17(18)19)16-23(20,21)11-9-14-4-3-10-22-14/h5-8,14,16H,3-4,9-11H2,1-2H3. The Bertz CT molecular complexity index is 649. The predicted octanol–water partition coefficient (Wildman–Crippen LogP) is 2.32. The van der Waals surface area contributed by atoms with E-state index in [1.54, 1.807) is 26.0 Å². The summed E-state index contributed by atoms with van der Waals surface area (Å²) in [5.74, 6) is 0.00801. The van der Waals surface area contributed by atoms with Crippen LogP contribution >= 0.6 is 0 Å². The number of benzene rings is 1. The van der Waals surface area contributed by atoms with Gasteiger partial charge in [-0.1, -0.05) is 12.1 Å². The van der Waals surface area contributed by atoms with Crippen molar-refractivity contribution in [3.8, 4) is 0 Å². The van der Waals surface area contributed by atoms with E-state index in [2.05, 4.69) is 4.72 Å². The van der Waals surface area contributed by atoms with E-state index in [9.17, 15) is 18.5 Å². The van der Waals surface area contributed by atoms with Gasteiger partial charge in [-0.2, -0.15) is 0 Å². The number of hydrogen-bond acceptors (Lipinski definition) is 5. The van der Waals surface area contributed by atoms with Gasteiger partial charge in [0.25, 0.3) is 5.69 Å². The Morgan fingerprint density at radius 2 is 2.00 bits per heavy atom. The molecule has 7 nitrogen and oxygen atoms in total. The minimum Gasteiger partial charge on any atom is -0.378 e. The lowest BCUT2D eigenvalue weighted by atomic mass is 9.96. The van der Waals surface area contributed by atoms with Crippen LogP contribution in [-0.4, -0.2) is 31.8 Å². The summed E-state index contributed by atoms with van der Waals surface area (Å²) in [5, 5.41) is 10.7. The molecular formula is C15H22N2O5S. The first kappa shape index (κ1) is 17.8. The molecule has 0 bridgehead atoms. The van der Waals surface area contributed by atoms with E-state index in [0.29, 0.717) is 18.6 Å². The topological polar surface area (TPSA) is 98.5 Å². The van der Waals surface area contributed by atoms with Gasteiger partial charge in [0.2, 0.25) is 10.0 Å². The van der Waals surface area contributed by atoms with Crippen LogP contribution in [0.2, 0.25) is 0 Å². The summed E-state index contributed by atoms with van der Waals surface area (Å²) in [5.41, 5.74) is -0.195. The molecule has 8 heteroatoms. The lowest BCUT2D eigenvalue weighted by molar-refractivity contribution is -0.384. The number of hydrogen-bond donors (Lipinski definition) is 1. The van der Waals surface area contributed by atoms with Gasteiger partial charge in [0.1, 0.15) is 0 Å². The summed E-state index contributed by atoms with van der Waals surface area (Å²) in [7, 11) is -3.47. The van der Waals surface area contributed by atoms with E-state index < -0.39 is 20.5 Å². The second kappa shape index (κ2) is 6.94. The third kappa shape index (κ3) is 4.98. The summed E-state index contributed by atoms with van der Waals surface area (Å²) < 4.78 is 32.7. The molecule has 1 aromatic rings. The molecule has 1 N–H and O–H groups in total. The van der Waals surface area contributed by atoms with Gasteiger partial charge in [0.05, 0.1) is 22.3 Å². The Labute approximate surface area is 136 Å². The second-order valence-corrected chi connectivity index (χ2v) is 8.12. The summed E-state index contributed by atoms with van der Waals surface area (Å²) in [6.07, 6.45) is 2.38. The van der Waals surface area contributed by atoms with Crippen molar-refractivity contribution < 1.29 is 18.1 Å². The largest absolute Gasteiger partial charge is 0.378 e. The highest BCUT2D eigenvalue weighted by molar-refractivity contribution is 7.89. The first-order valence-corrected chi connectivity index (χ1v) is 9.23. The summed E-state index contributed by atoms with van der Waals surface area (Å²) in [4.78, 5) is 10.2. The number of sulfonamides is 1. The molecule has 1 unspecified atom stereocenters. The summed E-state index contributed by atoms with van der Waals surface area (Å²) in [6.45, 7) is 4.17. The van der Waals surface area contributed by atoms with Crippen molar-refractivity contribution in [1.82, 2.24) is 4.72 Å². The first-order chi connectivity index (χ1) is 10.7. The van der Waals surface area contributed by atoms with E-state index in [0.717, 1.165) is 12.8 Å².